The Bertz CT molecular complexity index is 749. The molecule has 0 spiro atoms. The molecular weight excluding hydrogens is 384 g/mol. The maximum absolute atomic E-state index is 12.1. The van der Waals surface area contributed by atoms with Gasteiger partial charge in [-0.2, -0.15) is 0 Å². The Morgan fingerprint density at radius 2 is 1.54 bits per heavy atom. The molecule has 1 aliphatic heterocycles. The average Bonchev–Trinajstić information content (AvgIpc) is 3.04. The lowest BCUT2D eigenvalue weighted by atomic mass is 10.2. The Morgan fingerprint density at radius 3 is 1.96 bits per heavy atom. The van der Waals surface area contributed by atoms with E-state index < -0.39 is 24.6 Å². The average molecular weight is 416 g/mol. The van der Waals surface area contributed by atoms with E-state index in [0.717, 1.165) is 6.42 Å². The van der Waals surface area contributed by atoms with Crippen molar-refractivity contribution in [2.75, 3.05) is 6.61 Å². The summed E-state index contributed by atoms with van der Waals surface area (Å²) in [4.78, 5) is 12.1. The molecule has 3 nitrogen and oxygen atoms in total. The van der Waals surface area contributed by atoms with E-state index in [2.05, 4.69) is 69.3 Å². The predicted octanol–water partition coefficient (Wildman–Crippen LogP) is 3.21. The van der Waals surface area contributed by atoms with Crippen molar-refractivity contribution in [3.05, 3.63) is 60.7 Å². The van der Waals surface area contributed by atoms with Crippen LogP contribution in [0.5, 0.6) is 0 Å². The van der Waals surface area contributed by atoms with E-state index in [9.17, 15) is 9.90 Å². The highest BCUT2D eigenvalue weighted by atomic mass is 32.2. The van der Waals surface area contributed by atoms with E-state index in [1.54, 1.807) is 6.92 Å². The zero-order valence-electron chi connectivity index (χ0n) is 17.2. The third-order valence-corrected chi connectivity index (χ3v) is 13.2. The third-order valence-electron chi connectivity index (χ3n) is 5.62. The first-order valence-corrected chi connectivity index (χ1v) is 13.2. The van der Waals surface area contributed by atoms with Gasteiger partial charge in [0.05, 0.1) is 17.5 Å². The summed E-state index contributed by atoms with van der Waals surface area (Å²) in [6, 6.07) is 21.1. The molecule has 3 atom stereocenters. The number of hydrogen-bond acceptors (Lipinski definition) is 3. The molecule has 1 heterocycles. The van der Waals surface area contributed by atoms with Gasteiger partial charge in [0.15, 0.2) is 5.25 Å². The van der Waals surface area contributed by atoms with Crippen molar-refractivity contribution >= 4 is 34.7 Å². The summed E-state index contributed by atoms with van der Waals surface area (Å²) in [6.45, 7) is 8.90. The van der Waals surface area contributed by atoms with Crippen molar-refractivity contribution in [2.24, 2.45) is 0 Å². The van der Waals surface area contributed by atoms with Gasteiger partial charge in [-0.05, 0) is 15.4 Å². The van der Waals surface area contributed by atoms with E-state index in [1.165, 1.54) is 10.4 Å². The van der Waals surface area contributed by atoms with Crippen LogP contribution >= 0.6 is 0 Å². The van der Waals surface area contributed by atoms with Crippen molar-refractivity contribution in [3.8, 4) is 0 Å². The second-order valence-electron chi connectivity index (χ2n) is 8.49. The third kappa shape index (κ3) is 3.99. The van der Waals surface area contributed by atoms with Crippen LogP contribution in [0.1, 0.15) is 40.5 Å². The van der Waals surface area contributed by atoms with Crippen molar-refractivity contribution in [1.82, 2.24) is 0 Å². The molecular formula is C23H31O3SSi+. The van der Waals surface area contributed by atoms with E-state index in [-0.39, 0.29) is 15.4 Å². The molecule has 0 aromatic heterocycles. The van der Waals surface area contributed by atoms with Gasteiger partial charge in [-0.15, -0.1) is 0 Å². The van der Waals surface area contributed by atoms with Gasteiger partial charge < -0.3 is 9.53 Å². The van der Waals surface area contributed by atoms with Crippen molar-refractivity contribution in [2.45, 2.75) is 56.3 Å². The summed E-state index contributed by atoms with van der Waals surface area (Å²) in [7, 11) is -3.21. The maximum Gasteiger partial charge on any atom is 0.330 e. The summed E-state index contributed by atoms with van der Waals surface area (Å²) in [5, 5.41) is 12.9. The van der Waals surface area contributed by atoms with Crippen LogP contribution in [0.2, 0.25) is 5.04 Å². The van der Waals surface area contributed by atoms with Gasteiger partial charge in [0, 0.05) is 19.8 Å². The minimum absolute atomic E-state index is 0.0816. The molecule has 1 N–H and O–H groups in total. The zero-order valence-corrected chi connectivity index (χ0v) is 19.0. The SMILES string of the molecule is CC(=O)[S+]1C(O)CC[C@H]1CO[Si](c1ccccc1)(c1ccccc1)C(C)(C)C. The van der Waals surface area contributed by atoms with Gasteiger partial charge >= 0.3 is 5.12 Å². The lowest BCUT2D eigenvalue weighted by molar-refractivity contribution is -0.109. The van der Waals surface area contributed by atoms with Crippen LogP contribution in [-0.4, -0.2) is 35.8 Å². The molecule has 0 saturated carbocycles. The molecule has 0 amide bonds. The van der Waals surface area contributed by atoms with Gasteiger partial charge in [-0.25, -0.2) is 4.79 Å². The lowest BCUT2D eigenvalue weighted by Gasteiger charge is -2.43. The second kappa shape index (κ2) is 8.53. The molecule has 150 valence electrons. The predicted molar refractivity (Wildman–Crippen MR) is 121 cm³/mol. The van der Waals surface area contributed by atoms with Crippen LogP contribution in [0.4, 0.5) is 0 Å². The van der Waals surface area contributed by atoms with Crippen LogP contribution in [0.3, 0.4) is 0 Å². The Morgan fingerprint density at radius 1 is 1.04 bits per heavy atom. The minimum atomic E-state index is -2.59. The molecule has 0 radical (unpaired) electrons. The summed E-state index contributed by atoms with van der Waals surface area (Å²) >= 11 is 0. The highest BCUT2D eigenvalue weighted by molar-refractivity contribution is 8.11. The molecule has 5 heteroatoms. The highest BCUT2D eigenvalue weighted by Crippen LogP contribution is 2.38. The van der Waals surface area contributed by atoms with Crippen molar-refractivity contribution < 1.29 is 14.3 Å². The van der Waals surface area contributed by atoms with E-state index >= 15 is 0 Å². The number of benzene rings is 2. The first-order valence-electron chi connectivity index (χ1n) is 9.93. The molecule has 2 aromatic carbocycles. The van der Waals surface area contributed by atoms with E-state index in [0.29, 0.717) is 13.0 Å². The minimum Gasteiger partial charge on any atom is -0.402 e. The number of rotatable bonds is 5. The van der Waals surface area contributed by atoms with Crippen LogP contribution in [-0.2, 0) is 20.1 Å². The van der Waals surface area contributed by atoms with E-state index in [4.69, 9.17) is 4.43 Å². The van der Waals surface area contributed by atoms with Crippen LogP contribution in [0.25, 0.3) is 0 Å². The number of carbonyl (C=O) groups is 1. The summed E-state index contributed by atoms with van der Waals surface area (Å²) in [6.07, 6.45) is 1.54. The molecule has 1 aliphatic rings. The quantitative estimate of drug-likeness (QED) is 0.603. The fourth-order valence-corrected chi connectivity index (χ4v) is 11.4. The molecule has 0 bridgehead atoms. The monoisotopic (exact) mass is 415 g/mol. The first kappa shape index (κ1) is 21.3. The largest absolute Gasteiger partial charge is 0.402 e. The molecule has 28 heavy (non-hydrogen) atoms. The Labute approximate surface area is 172 Å². The molecule has 1 saturated heterocycles. The molecule has 1 fully saturated rings. The van der Waals surface area contributed by atoms with Crippen LogP contribution < -0.4 is 10.4 Å². The van der Waals surface area contributed by atoms with Crippen LogP contribution in [0, 0.1) is 0 Å². The number of carbonyl (C=O) groups excluding carboxylic acids is 1. The van der Waals surface area contributed by atoms with Gasteiger partial charge in [0.2, 0.25) is 5.44 Å². The second-order valence-corrected chi connectivity index (χ2v) is 15.3. The fourth-order valence-electron chi connectivity index (χ4n) is 4.37. The van der Waals surface area contributed by atoms with Gasteiger partial charge in [-0.3, -0.25) is 0 Å². The highest BCUT2D eigenvalue weighted by Gasteiger charge is 2.53. The number of aliphatic hydroxyl groups is 1. The van der Waals surface area contributed by atoms with Gasteiger partial charge in [0.1, 0.15) is 0 Å². The van der Waals surface area contributed by atoms with Crippen molar-refractivity contribution in [3.63, 3.8) is 0 Å². The number of hydrogen-bond donors (Lipinski definition) is 1. The summed E-state index contributed by atoms with van der Waals surface area (Å²) < 4.78 is 6.96. The molecule has 0 aliphatic carbocycles. The van der Waals surface area contributed by atoms with Crippen LogP contribution in [0.15, 0.2) is 60.7 Å². The van der Waals surface area contributed by atoms with Crippen molar-refractivity contribution in [1.29, 1.82) is 0 Å². The fraction of sp³-hybridized carbons (Fsp3) is 0.435. The standard InChI is InChI=1S/C23H31O3SSi/c1-18(24)27-19(15-16-22(27)25)17-26-28(23(2,3)4,20-11-7-5-8-12-20)21-13-9-6-10-14-21/h5-14,19,22,25H,15-17H2,1-4H3/q+1/t19-,22?,27?/m0/s1. The normalized spacial score (nSPS) is 23.0. The number of aliphatic hydroxyl groups excluding tert-OH is 1. The Balaban J connectivity index is 2.03. The molecule has 2 aromatic rings. The molecule has 3 rings (SSSR count). The maximum atomic E-state index is 12.1. The topological polar surface area (TPSA) is 46.5 Å². The summed E-state index contributed by atoms with van der Waals surface area (Å²) in [5.41, 5.74) is -0.509. The summed E-state index contributed by atoms with van der Waals surface area (Å²) in [5.74, 6) is 0. The zero-order chi connectivity index (χ0) is 20.4. The Hall–Kier alpha value is -1.40. The van der Waals surface area contributed by atoms with E-state index in [1.807, 2.05) is 12.1 Å². The smallest absolute Gasteiger partial charge is 0.330 e. The first-order chi connectivity index (χ1) is 13.3. The van der Waals surface area contributed by atoms with Gasteiger partial charge in [-0.1, -0.05) is 81.4 Å². The Kier molecular flexibility index (Phi) is 6.50. The lowest BCUT2D eigenvalue weighted by Crippen LogP contribution is -2.67. The van der Waals surface area contributed by atoms with Gasteiger partial charge in [0.25, 0.3) is 8.32 Å². The molecule has 2 unspecified atom stereocenters.